The van der Waals surface area contributed by atoms with E-state index in [0.717, 1.165) is 12.5 Å². The van der Waals surface area contributed by atoms with E-state index >= 15 is 0 Å². The Kier molecular flexibility index (Phi) is 10.5. The third-order valence-corrected chi connectivity index (χ3v) is 5.14. The molecule has 0 bridgehead atoms. The summed E-state index contributed by atoms with van der Waals surface area (Å²) in [6.07, 6.45) is 2.68. The van der Waals surface area contributed by atoms with Gasteiger partial charge in [0.15, 0.2) is 29.1 Å². The average molecular weight is 505 g/mol. The SMILES string of the molecule is CCCCCC(C)C[n+]1cccc(C)c1.O=S(=O)([O-])C(F)(F)C(F)(F)C(F)(F)C(F)(F)F. The fraction of sp³-hybridized carbons (Fsp3) is 0.722. The van der Waals surface area contributed by atoms with Gasteiger partial charge in [0.2, 0.25) is 0 Å². The zero-order valence-electron chi connectivity index (χ0n) is 17.4. The normalized spacial score (nSPS) is 14.5. The number of aromatic nitrogens is 1. The van der Waals surface area contributed by atoms with Crippen LogP contribution in [-0.2, 0) is 16.7 Å². The molecule has 14 heteroatoms. The summed E-state index contributed by atoms with van der Waals surface area (Å²) >= 11 is 0. The van der Waals surface area contributed by atoms with E-state index in [9.17, 15) is 52.5 Å². The van der Waals surface area contributed by atoms with Gasteiger partial charge in [0.25, 0.3) is 0 Å². The maximum absolute atomic E-state index is 12.2. The van der Waals surface area contributed by atoms with Crippen LogP contribution in [0.25, 0.3) is 0 Å². The van der Waals surface area contributed by atoms with Gasteiger partial charge >= 0.3 is 23.3 Å². The van der Waals surface area contributed by atoms with E-state index in [1.165, 1.54) is 31.2 Å². The first-order valence-electron chi connectivity index (χ1n) is 9.33. The van der Waals surface area contributed by atoms with Crippen molar-refractivity contribution in [2.75, 3.05) is 0 Å². The lowest BCUT2D eigenvalue weighted by atomic mass is 10.0. The van der Waals surface area contributed by atoms with Crippen LogP contribution < -0.4 is 4.57 Å². The Bertz CT molecular complexity index is 827. The van der Waals surface area contributed by atoms with E-state index in [4.69, 9.17) is 0 Å². The summed E-state index contributed by atoms with van der Waals surface area (Å²) in [4.78, 5) is 0. The predicted molar refractivity (Wildman–Crippen MR) is 95.3 cm³/mol. The van der Waals surface area contributed by atoms with Gasteiger partial charge in [0.05, 0.1) is 0 Å². The van der Waals surface area contributed by atoms with Gasteiger partial charge in [-0.3, -0.25) is 0 Å². The molecule has 4 nitrogen and oxygen atoms in total. The highest BCUT2D eigenvalue weighted by Gasteiger charge is 2.83. The summed E-state index contributed by atoms with van der Waals surface area (Å²) in [5.41, 5.74) is 1.35. The highest BCUT2D eigenvalue weighted by atomic mass is 32.2. The average Bonchev–Trinajstić information content (AvgIpc) is 2.60. The first-order valence-corrected chi connectivity index (χ1v) is 10.7. The van der Waals surface area contributed by atoms with E-state index in [2.05, 4.69) is 49.9 Å². The van der Waals surface area contributed by atoms with Crippen molar-refractivity contribution in [2.24, 2.45) is 5.92 Å². The minimum absolute atomic E-state index is 0.795. The van der Waals surface area contributed by atoms with Gasteiger partial charge in [-0.05, 0) is 19.4 Å². The molecule has 0 amide bonds. The molecule has 0 aliphatic carbocycles. The van der Waals surface area contributed by atoms with Crippen LogP contribution in [0.4, 0.5) is 39.5 Å². The Morgan fingerprint density at radius 1 is 1.00 bits per heavy atom. The fourth-order valence-electron chi connectivity index (χ4n) is 2.48. The van der Waals surface area contributed by atoms with Gasteiger partial charge in [-0.2, -0.15) is 39.5 Å². The zero-order valence-corrected chi connectivity index (χ0v) is 18.2. The first kappa shape index (κ1) is 30.4. The smallest absolute Gasteiger partial charge is 0.460 e. The van der Waals surface area contributed by atoms with Crippen molar-refractivity contribution >= 4 is 10.1 Å². The quantitative estimate of drug-likeness (QED) is 0.194. The monoisotopic (exact) mass is 505 g/mol. The molecular formula is C18H24F9NO3S. The fourth-order valence-corrected chi connectivity index (χ4v) is 2.92. The van der Waals surface area contributed by atoms with Gasteiger partial charge < -0.3 is 4.55 Å². The third kappa shape index (κ3) is 7.49. The molecule has 0 N–H and O–H groups in total. The summed E-state index contributed by atoms with van der Waals surface area (Å²) < 4.78 is 138. The van der Waals surface area contributed by atoms with Crippen molar-refractivity contribution in [2.45, 2.75) is 76.3 Å². The molecule has 0 aromatic carbocycles. The topological polar surface area (TPSA) is 61.1 Å². The van der Waals surface area contributed by atoms with Gasteiger partial charge in [-0.1, -0.05) is 33.1 Å². The summed E-state index contributed by atoms with van der Waals surface area (Å²) in [7, 11) is -7.42. The molecule has 0 spiro atoms. The van der Waals surface area contributed by atoms with Gasteiger partial charge in [0, 0.05) is 17.5 Å². The second kappa shape index (κ2) is 11.0. The zero-order chi connectivity index (χ0) is 25.6. The molecule has 0 aliphatic rings. The minimum atomic E-state index is -7.43. The minimum Gasteiger partial charge on any atom is -0.743 e. The van der Waals surface area contributed by atoms with Crippen molar-refractivity contribution in [1.82, 2.24) is 0 Å². The Labute approximate surface area is 180 Å². The molecule has 1 aromatic heterocycles. The van der Waals surface area contributed by atoms with Crippen LogP contribution in [0.3, 0.4) is 0 Å². The number of alkyl halides is 9. The number of unbranched alkanes of at least 4 members (excludes halogenated alkanes) is 2. The number of rotatable bonds is 9. The number of pyridine rings is 1. The van der Waals surface area contributed by atoms with Gasteiger partial charge in [-0.25, -0.2) is 13.0 Å². The first-order chi connectivity index (χ1) is 14.2. The Balaban J connectivity index is 0.000000604. The lowest BCUT2D eigenvalue weighted by Gasteiger charge is -2.34. The molecule has 1 aromatic rings. The van der Waals surface area contributed by atoms with Gasteiger partial charge in [-0.15, -0.1) is 0 Å². The molecule has 0 radical (unpaired) electrons. The predicted octanol–water partition coefficient (Wildman–Crippen LogP) is 5.46. The van der Waals surface area contributed by atoms with Crippen molar-refractivity contribution in [3.8, 4) is 0 Å². The van der Waals surface area contributed by atoms with Crippen LogP contribution in [0.2, 0.25) is 0 Å². The second-order valence-electron chi connectivity index (χ2n) is 7.30. The Morgan fingerprint density at radius 2 is 1.53 bits per heavy atom. The number of aryl methyl sites for hydroxylation is 1. The van der Waals surface area contributed by atoms with Crippen molar-refractivity contribution in [1.29, 1.82) is 0 Å². The number of hydrogen-bond donors (Lipinski definition) is 0. The largest absolute Gasteiger partial charge is 0.743 e. The van der Waals surface area contributed by atoms with E-state index < -0.39 is 33.4 Å². The summed E-state index contributed by atoms with van der Waals surface area (Å²) in [5.74, 6) is -14.0. The molecule has 1 rings (SSSR count). The third-order valence-electron chi connectivity index (χ3n) is 4.26. The van der Waals surface area contributed by atoms with Crippen LogP contribution in [0, 0.1) is 12.8 Å². The molecule has 0 saturated heterocycles. The Hall–Kier alpha value is -1.57. The lowest BCUT2D eigenvalue weighted by Crippen LogP contribution is -2.63. The number of halogens is 9. The molecule has 1 heterocycles. The van der Waals surface area contributed by atoms with E-state index in [0.29, 0.717) is 0 Å². The van der Waals surface area contributed by atoms with Crippen molar-refractivity contribution < 1.29 is 57.1 Å². The molecule has 0 fully saturated rings. The molecule has 0 aliphatic heterocycles. The number of nitrogens with zero attached hydrogens (tertiary/aromatic N) is 1. The van der Waals surface area contributed by atoms with E-state index in [1.54, 1.807) is 0 Å². The Morgan fingerprint density at radius 3 is 1.94 bits per heavy atom. The van der Waals surface area contributed by atoms with Crippen LogP contribution in [-0.4, -0.2) is 36.2 Å². The highest BCUT2D eigenvalue weighted by molar-refractivity contribution is 7.86. The summed E-state index contributed by atoms with van der Waals surface area (Å²) in [6, 6.07) is 4.28. The molecule has 32 heavy (non-hydrogen) atoms. The van der Waals surface area contributed by atoms with Crippen LogP contribution in [0.15, 0.2) is 24.5 Å². The maximum atomic E-state index is 12.2. The lowest BCUT2D eigenvalue weighted by molar-refractivity contribution is -0.703. The molecule has 188 valence electrons. The van der Waals surface area contributed by atoms with E-state index in [1.807, 2.05) is 0 Å². The van der Waals surface area contributed by atoms with E-state index in [-0.39, 0.29) is 0 Å². The maximum Gasteiger partial charge on any atom is 0.460 e. The number of hydrogen-bond acceptors (Lipinski definition) is 3. The van der Waals surface area contributed by atoms with Crippen molar-refractivity contribution in [3.63, 3.8) is 0 Å². The molecular weight excluding hydrogens is 481 g/mol. The van der Waals surface area contributed by atoms with Gasteiger partial charge in [0.1, 0.15) is 0 Å². The standard InChI is InChI=1S/C14H24N.C4HF9O3S/c1-4-5-6-8-13(2)11-15-10-7-9-14(3)12-15;5-1(6,3(9,10)11)2(7,8)4(12,13)17(14,15)16/h7,9-10,12-13H,4-6,8,11H2,1-3H3;(H,14,15,16)/q+1;/p-1. The van der Waals surface area contributed by atoms with Crippen LogP contribution >= 0.6 is 0 Å². The molecule has 0 saturated carbocycles. The summed E-state index contributed by atoms with van der Waals surface area (Å²) in [5, 5.41) is -7.11. The van der Waals surface area contributed by atoms with Crippen molar-refractivity contribution in [3.05, 3.63) is 30.1 Å². The van der Waals surface area contributed by atoms with Crippen LogP contribution in [0.1, 0.15) is 45.1 Å². The molecule has 1 atom stereocenters. The molecule has 1 unspecified atom stereocenters. The second-order valence-corrected chi connectivity index (χ2v) is 8.72. The summed E-state index contributed by atoms with van der Waals surface area (Å²) in [6.45, 7) is 7.93. The highest BCUT2D eigenvalue weighted by Crippen LogP contribution is 2.54. The van der Waals surface area contributed by atoms with Crippen LogP contribution in [0.5, 0.6) is 0 Å².